The lowest BCUT2D eigenvalue weighted by Gasteiger charge is -2.28. The third-order valence-corrected chi connectivity index (χ3v) is 3.79. The van der Waals surface area contributed by atoms with Crippen molar-refractivity contribution in [3.8, 4) is 0 Å². The van der Waals surface area contributed by atoms with Crippen LogP contribution in [0.25, 0.3) is 0 Å². The molecule has 0 saturated carbocycles. The number of hydrogen-bond donors (Lipinski definition) is 1. The van der Waals surface area contributed by atoms with Crippen LogP contribution in [0, 0.1) is 12.3 Å². The first kappa shape index (κ1) is 12.5. The summed E-state index contributed by atoms with van der Waals surface area (Å²) in [6, 6.07) is 0. The molecule has 0 aliphatic rings. The van der Waals surface area contributed by atoms with Gasteiger partial charge in [-0.25, -0.2) is 9.97 Å². The van der Waals surface area contributed by atoms with E-state index in [1.54, 1.807) is 11.8 Å². The molecular weight excluding hydrogens is 206 g/mol. The van der Waals surface area contributed by atoms with E-state index in [1.165, 1.54) is 0 Å². The molecular formula is C11H19N3S. The van der Waals surface area contributed by atoms with Gasteiger partial charge in [-0.2, -0.15) is 0 Å². The minimum absolute atomic E-state index is 0.174. The Labute approximate surface area is 95.9 Å². The predicted octanol–water partition coefficient (Wildman–Crippen LogP) is 2.25. The van der Waals surface area contributed by atoms with Crippen molar-refractivity contribution in [2.24, 2.45) is 11.1 Å². The summed E-state index contributed by atoms with van der Waals surface area (Å²) in [5.74, 6) is 0. The van der Waals surface area contributed by atoms with E-state index in [9.17, 15) is 0 Å². The van der Waals surface area contributed by atoms with Crippen LogP contribution in [0.1, 0.15) is 26.3 Å². The van der Waals surface area contributed by atoms with Crippen LogP contribution >= 0.6 is 11.8 Å². The Hall–Kier alpha value is -0.610. The summed E-state index contributed by atoms with van der Waals surface area (Å²) in [6.45, 7) is 9.19. The van der Waals surface area contributed by atoms with E-state index in [4.69, 9.17) is 5.73 Å². The lowest BCUT2D eigenvalue weighted by molar-refractivity contribution is 0.398. The van der Waals surface area contributed by atoms with E-state index >= 15 is 0 Å². The maximum atomic E-state index is 5.76. The molecule has 1 aromatic rings. The molecule has 1 atom stereocenters. The van der Waals surface area contributed by atoms with E-state index in [1.807, 2.05) is 19.3 Å². The first-order chi connectivity index (χ1) is 6.93. The van der Waals surface area contributed by atoms with Gasteiger partial charge in [-0.05, 0) is 17.9 Å². The van der Waals surface area contributed by atoms with Crippen LogP contribution in [0.3, 0.4) is 0 Å². The Balaban J connectivity index is 2.71. The molecule has 0 aliphatic carbocycles. The van der Waals surface area contributed by atoms with Crippen molar-refractivity contribution in [1.29, 1.82) is 0 Å². The summed E-state index contributed by atoms with van der Waals surface area (Å²) in [6.07, 6.45) is 3.68. The second-order valence-corrected chi connectivity index (χ2v) is 5.92. The molecule has 15 heavy (non-hydrogen) atoms. The molecule has 0 spiro atoms. The lowest BCUT2D eigenvalue weighted by atomic mass is 9.92. The normalized spacial score (nSPS) is 13.9. The van der Waals surface area contributed by atoms with Crippen LogP contribution in [-0.4, -0.2) is 21.8 Å². The zero-order valence-corrected chi connectivity index (χ0v) is 10.6. The van der Waals surface area contributed by atoms with Crippen LogP contribution in [0.15, 0.2) is 17.6 Å². The van der Waals surface area contributed by atoms with Crippen molar-refractivity contribution >= 4 is 11.8 Å². The molecule has 1 aromatic heterocycles. The molecule has 3 nitrogen and oxygen atoms in total. The highest BCUT2D eigenvalue weighted by Gasteiger charge is 2.25. The summed E-state index contributed by atoms with van der Waals surface area (Å²) in [7, 11) is 0. The maximum absolute atomic E-state index is 5.76. The van der Waals surface area contributed by atoms with Crippen LogP contribution < -0.4 is 5.73 Å². The summed E-state index contributed by atoms with van der Waals surface area (Å²) in [4.78, 5) is 8.55. The highest BCUT2D eigenvalue weighted by molar-refractivity contribution is 7.99. The molecule has 0 aliphatic heterocycles. The molecule has 0 amide bonds. The van der Waals surface area contributed by atoms with Gasteiger partial charge in [-0.1, -0.05) is 32.5 Å². The van der Waals surface area contributed by atoms with Crippen LogP contribution in [-0.2, 0) is 0 Å². The first-order valence-corrected chi connectivity index (χ1v) is 5.97. The second-order valence-electron chi connectivity index (χ2n) is 4.75. The van der Waals surface area contributed by atoms with Gasteiger partial charge in [0.25, 0.3) is 0 Å². The van der Waals surface area contributed by atoms with Gasteiger partial charge >= 0.3 is 0 Å². The SMILES string of the molecule is Cc1cnc(SC(CN)C(C)(C)C)nc1. The molecule has 84 valence electrons. The Morgan fingerprint density at radius 1 is 1.33 bits per heavy atom. The van der Waals surface area contributed by atoms with Gasteiger partial charge in [0.2, 0.25) is 0 Å². The molecule has 0 radical (unpaired) electrons. The second kappa shape index (κ2) is 4.94. The van der Waals surface area contributed by atoms with Gasteiger partial charge in [-0.3, -0.25) is 0 Å². The Morgan fingerprint density at radius 3 is 2.27 bits per heavy atom. The fraction of sp³-hybridized carbons (Fsp3) is 0.636. The van der Waals surface area contributed by atoms with E-state index in [0.29, 0.717) is 11.8 Å². The highest BCUT2D eigenvalue weighted by Crippen LogP contribution is 2.32. The van der Waals surface area contributed by atoms with Gasteiger partial charge in [-0.15, -0.1) is 0 Å². The zero-order valence-electron chi connectivity index (χ0n) is 9.82. The number of nitrogens with two attached hydrogens (primary N) is 1. The van der Waals surface area contributed by atoms with E-state index < -0.39 is 0 Å². The highest BCUT2D eigenvalue weighted by atomic mass is 32.2. The lowest BCUT2D eigenvalue weighted by Crippen LogP contribution is -2.31. The number of nitrogens with zero attached hydrogens (tertiary/aromatic N) is 2. The number of rotatable bonds is 3. The van der Waals surface area contributed by atoms with Gasteiger partial charge < -0.3 is 5.73 Å². The minimum Gasteiger partial charge on any atom is -0.329 e. The number of hydrogen-bond acceptors (Lipinski definition) is 4. The zero-order chi connectivity index (χ0) is 11.5. The topological polar surface area (TPSA) is 51.8 Å². The average Bonchev–Trinajstić information content (AvgIpc) is 2.15. The molecule has 1 unspecified atom stereocenters. The Morgan fingerprint density at radius 2 is 1.87 bits per heavy atom. The standard InChI is InChI=1S/C11H19N3S/c1-8-6-13-10(14-7-8)15-9(5-12)11(2,3)4/h6-7,9H,5,12H2,1-4H3. The molecule has 1 heterocycles. The van der Waals surface area contributed by atoms with Crippen molar-refractivity contribution in [2.75, 3.05) is 6.54 Å². The molecule has 0 bridgehead atoms. The molecule has 0 fully saturated rings. The third kappa shape index (κ3) is 3.80. The first-order valence-electron chi connectivity index (χ1n) is 5.09. The summed E-state index contributed by atoms with van der Waals surface area (Å²) < 4.78 is 0. The fourth-order valence-corrected chi connectivity index (χ4v) is 2.08. The molecule has 4 heteroatoms. The van der Waals surface area contributed by atoms with Crippen molar-refractivity contribution in [3.63, 3.8) is 0 Å². The van der Waals surface area contributed by atoms with Gasteiger partial charge in [0.05, 0.1) is 0 Å². The summed E-state index contributed by atoms with van der Waals surface area (Å²) >= 11 is 1.66. The average molecular weight is 225 g/mol. The number of aromatic nitrogens is 2. The molecule has 1 rings (SSSR count). The van der Waals surface area contributed by atoms with Crippen molar-refractivity contribution in [3.05, 3.63) is 18.0 Å². The van der Waals surface area contributed by atoms with Crippen molar-refractivity contribution < 1.29 is 0 Å². The number of thioether (sulfide) groups is 1. The fourth-order valence-electron chi connectivity index (χ4n) is 1.15. The monoisotopic (exact) mass is 225 g/mol. The number of aryl methyl sites for hydroxylation is 1. The van der Waals surface area contributed by atoms with Crippen molar-refractivity contribution in [1.82, 2.24) is 9.97 Å². The quantitative estimate of drug-likeness (QED) is 0.633. The molecule has 0 saturated heterocycles. The van der Waals surface area contributed by atoms with Crippen LogP contribution in [0.2, 0.25) is 0 Å². The van der Waals surface area contributed by atoms with E-state index in [0.717, 1.165) is 10.7 Å². The molecule has 0 aromatic carbocycles. The predicted molar refractivity (Wildman–Crippen MR) is 64.9 cm³/mol. The van der Waals surface area contributed by atoms with E-state index in [-0.39, 0.29) is 5.41 Å². The Kier molecular flexibility index (Phi) is 4.11. The molecule has 2 N–H and O–H groups in total. The van der Waals surface area contributed by atoms with Crippen molar-refractivity contribution in [2.45, 2.75) is 38.1 Å². The third-order valence-electron chi connectivity index (χ3n) is 2.18. The van der Waals surface area contributed by atoms with Crippen LogP contribution in [0.4, 0.5) is 0 Å². The maximum Gasteiger partial charge on any atom is 0.187 e. The van der Waals surface area contributed by atoms with E-state index in [2.05, 4.69) is 30.7 Å². The smallest absolute Gasteiger partial charge is 0.187 e. The Bertz CT molecular complexity index is 303. The largest absolute Gasteiger partial charge is 0.329 e. The minimum atomic E-state index is 0.174. The van der Waals surface area contributed by atoms with Gasteiger partial charge in [0.15, 0.2) is 5.16 Å². The summed E-state index contributed by atoms with van der Waals surface area (Å²) in [5.41, 5.74) is 7.02. The van der Waals surface area contributed by atoms with Gasteiger partial charge in [0.1, 0.15) is 0 Å². The summed E-state index contributed by atoms with van der Waals surface area (Å²) in [5, 5.41) is 1.16. The van der Waals surface area contributed by atoms with Crippen LogP contribution in [0.5, 0.6) is 0 Å². The van der Waals surface area contributed by atoms with Gasteiger partial charge in [0, 0.05) is 24.2 Å².